The summed E-state index contributed by atoms with van der Waals surface area (Å²) >= 11 is 0. The van der Waals surface area contributed by atoms with E-state index in [2.05, 4.69) is 32.9 Å². The maximum atomic E-state index is 12.3. The summed E-state index contributed by atoms with van der Waals surface area (Å²) in [5, 5.41) is 0. The number of rotatable bonds is 3. The first-order valence-electron chi connectivity index (χ1n) is 6.52. The van der Waals surface area contributed by atoms with Gasteiger partial charge in [0.25, 0.3) is 0 Å². The highest BCUT2D eigenvalue weighted by molar-refractivity contribution is 5.97. The van der Waals surface area contributed by atoms with Gasteiger partial charge >= 0.3 is 0 Å². The van der Waals surface area contributed by atoms with Crippen molar-refractivity contribution in [3.05, 3.63) is 64.5 Å². The second-order valence-electron chi connectivity index (χ2n) is 5.24. The number of benzene rings is 1. The monoisotopic (exact) mass is 289 g/mol. The number of pyridine rings is 1. The van der Waals surface area contributed by atoms with Crippen LogP contribution >= 0.6 is 0 Å². The number of Topliss-reactive ketones (excluding diaryl/α,β-unsaturated/α-hetero) is 1. The maximum Gasteiger partial charge on any atom is 0.179 e. The van der Waals surface area contributed by atoms with Gasteiger partial charge in [-0.2, -0.15) is 0 Å². The van der Waals surface area contributed by atoms with Crippen molar-refractivity contribution in [1.82, 2.24) is 0 Å². The van der Waals surface area contributed by atoms with E-state index in [0.29, 0.717) is 6.42 Å². The smallest absolute Gasteiger partial charge is 0.179 e. The van der Waals surface area contributed by atoms with Crippen molar-refractivity contribution in [2.24, 2.45) is 7.05 Å². The molecule has 1 heterocycles. The lowest BCUT2D eigenvalue weighted by molar-refractivity contribution is -0.671. The minimum atomic E-state index is 0. The van der Waals surface area contributed by atoms with Gasteiger partial charge in [0.1, 0.15) is 7.05 Å². The third-order valence-electron chi connectivity index (χ3n) is 3.44. The van der Waals surface area contributed by atoms with Gasteiger partial charge < -0.3 is 12.4 Å². The molecule has 0 aliphatic carbocycles. The second kappa shape index (κ2) is 6.67. The van der Waals surface area contributed by atoms with Crippen molar-refractivity contribution < 1.29 is 21.8 Å². The molecule has 20 heavy (non-hydrogen) atoms. The van der Waals surface area contributed by atoms with Crippen molar-refractivity contribution in [2.75, 3.05) is 0 Å². The minimum Gasteiger partial charge on any atom is -1.00 e. The van der Waals surface area contributed by atoms with Crippen LogP contribution in [0, 0.1) is 20.8 Å². The number of aromatic nitrogens is 1. The molecule has 0 spiro atoms. The Morgan fingerprint density at radius 3 is 2.30 bits per heavy atom. The van der Waals surface area contributed by atoms with Crippen LogP contribution in [0.3, 0.4) is 0 Å². The number of aryl methyl sites for hydroxylation is 4. The SMILES string of the molecule is Cc1cc(C)c(CC(=O)c2ccc[n+](C)c2)c(C)c1.[Cl-]. The third-order valence-corrected chi connectivity index (χ3v) is 3.44. The van der Waals surface area contributed by atoms with Crippen LogP contribution in [0.1, 0.15) is 32.6 Å². The zero-order valence-electron chi connectivity index (χ0n) is 12.4. The van der Waals surface area contributed by atoms with Gasteiger partial charge in [-0.1, -0.05) is 17.7 Å². The van der Waals surface area contributed by atoms with E-state index in [1.54, 1.807) is 0 Å². The molecule has 0 amide bonds. The summed E-state index contributed by atoms with van der Waals surface area (Å²) in [5.74, 6) is 0.172. The molecule has 0 fully saturated rings. The van der Waals surface area contributed by atoms with Gasteiger partial charge in [0.05, 0.1) is 5.56 Å². The summed E-state index contributed by atoms with van der Waals surface area (Å²) in [6.07, 6.45) is 4.28. The van der Waals surface area contributed by atoms with Gasteiger partial charge in [0.2, 0.25) is 0 Å². The summed E-state index contributed by atoms with van der Waals surface area (Å²) in [6.45, 7) is 6.24. The molecule has 3 heteroatoms. The average molecular weight is 290 g/mol. The molecular formula is C17H20ClNO. The molecule has 2 nitrogen and oxygen atoms in total. The van der Waals surface area contributed by atoms with E-state index in [0.717, 1.165) is 11.1 Å². The van der Waals surface area contributed by atoms with Gasteiger partial charge in [-0.05, 0) is 43.5 Å². The summed E-state index contributed by atoms with van der Waals surface area (Å²) < 4.78 is 1.90. The molecule has 2 rings (SSSR count). The minimum absolute atomic E-state index is 0. The topological polar surface area (TPSA) is 20.9 Å². The number of nitrogens with zero attached hydrogens (tertiary/aromatic N) is 1. The van der Waals surface area contributed by atoms with Crippen LogP contribution < -0.4 is 17.0 Å². The fourth-order valence-corrected chi connectivity index (χ4v) is 2.50. The highest BCUT2D eigenvalue weighted by Gasteiger charge is 2.13. The molecule has 0 unspecified atom stereocenters. The molecule has 0 saturated carbocycles. The van der Waals surface area contributed by atoms with Crippen molar-refractivity contribution in [2.45, 2.75) is 27.2 Å². The highest BCUT2D eigenvalue weighted by Crippen LogP contribution is 2.18. The Morgan fingerprint density at radius 1 is 1.15 bits per heavy atom. The number of ketones is 1. The Hall–Kier alpha value is -1.67. The molecule has 0 aliphatic heterocycles. The van der Waals surface area contributed by atoms with Crippen LogP contribution in [0.5, 0.6) is 0 Å². The first kappa shape index (κ1) is 16.4. The Labute approximate surface area is 126 Å². The van der Waals surface area contributed by atoms with Gasteiger partial charge in [0.15, 0.2) is 18.2 Å². The van der Waals surface area contributed by atoms with Gasteiger partial charge in [-0.3, -0.25) is 4.79 Å². The number of carbonyl (C=O) groups is 1. The summed E-state index contributed by atoms with van der Waals surface area (Å²) in [6, 6.07) is 8.06. The normalized spacial score (nSPS) is 10.0. The number of halogens is 1. The fourth-order valence-electron chi connectivity index (χ4n) is 2.50. The van der Waals surface area contributed by atoms with Crippen molar-refractivity contribution in [3.63, 3.8) is 0 Å². The number of carbonyl (C=O) groups excluding carboxylic acids is 1. The van der Waals surface area contributed by atoms with Gasteiger partial charge in [0, 0.05) is 12.5 Å². The van der Waals surface area contributed by atoms with E-state index in [4.69, 9.17) is 0 Å². The molecule has 0 N–H and O–H groups in total. The van der Waals surface area contributed by atoms with E-state index in [9.17, 15) is 4.79 Å². The van der Waals surface area contributed by atoms with Gasteiger partial charge in [-0.15, -0.1) is 0 Å². The Morgan fingerprint density at radius 2 is 1.75 bits per heavy atom. The standard InChI is InChI=1S/C17H20NO.ClH/c1-12-8-13(2)16(14(3)9-12)10-17(19)15-6-5-7-18(4)11-15;/h5-9,11H,10H2,1-4H3;1H/q+1;/p-1. The molecule has 1 aromatic heterocycles. The van der Waals surface area contributed by atoms with Crippen molar-refractivity contribution in [3.8, 4) is 0 Å². The Kier molecular flexibility index (Phi) is 5.46. The summed E-state index contributed by atoms with van der Waals surface area (Å²) in [5.41, 5.74) is 5.57. The molecule has 0 bridgehead atoms. The second-order valence-corrected chi connectivity index (χ2v) is 5.24. The van der Waals surface area contributed by atoms with Crippen LogP contribution in [0.15, 0.2) is 36.7 Å². The van der Waals surface area contributed by atoms with Crippen LogP contribution in [0.4, 0.5) is 0 Å². The van der Waals surface area contributed by atoms with Crippen molar-refractivity contribution in [1.29, 1.82) is 0 Å². The lowest BCUT2D eigenvalue weighted by atomic mass is 9.94. The molecule has 0 saturated heterocycles. The van der Waals surface area contributed by atoms with Crippen molar-refractivity contribution >= 4 is 5.78 Å². The number of hydrogen-bond donors (Lipinski definition) is 0. The zero-order chi connectivity index (χ0) is 14.0. The number of hydrogen-bond acceptors (Lipinski definition) is 1. The lowest BCUT2D eigenvalue weighted by Crippen LogP contribution is -3.00. The highest BCUT2D eigenvalue weighted by atomic mass is 35.5. The molecule has 1 aromatic carbocycles. The Balaban J connectivity index is 0.00000200. The maximum absolute atomic E-state index is 12.3. The summed E-state index contributed by atoms with van der Waals surface area (Å²) in [7, 11) is 1.93. The van der Waals surface area contributed by atoms with E-state index in [-0.39, 0.29) is 18.2 Å². The largest absolute Gasteiger partial charge is 1.00 e. The van der Waals surface area contributed by atoms with E-state index in [1.165, 1.54) is 16.7 Å². The van der Waals surface area contributed by atoms with Crippen LogP contribution in [0.25, 0.3) is 0 Å². The quantitative estimate of drug-likeness (QED) is 0.569. The van der Waals surface area contributed by atoms with E-state index < -0.39 is 0 Å². The first-order chi connectivity index (χ1) is 8.97. The summed E-state index contributed by atoms with van der Waals surface area (Å²) in [4.78, 5) is 12.3. The Bertz CT molecular complexity index is 612. The van der Waals surface area contributed by atoms with Crippen LogP contribution in [-0.4, -0.2) is 5.78 Å². The van der Waals surface area contributed by atoms with Crippen LogP contribution in [-0.2, 0) is 13.5 Å². The molecular weight excluding hydrogens is 270 g/mol. The van der Waals surface area contributed by atoms with Crippen LogP contribution in [0.2, 0.25) is 0 Å². The fraction of sp³-hybridized carbons (Fsp3) is 0.294. The van der Waals surface area contributed by atoms with E-state index in [1.807, 2.05) is 36.1 Å². The van der Waals surface area contributed by atoms with Gasteiger partial charge in [-0.25, -0.2) is 4.57 Å². The molecule has 0 radical (unpaired) electrons. The first-order valence-corrected chi connectivity index (χ1v) is 6.52. The predicted octanol–water partition coefficient (Wildman–Crippen LogP) is -0.134. The zero-order valence-corrected chi connectivity index (χ0v) is 13.2. The predicted molar refractivity (Wildman–Crippen MR) is 76.3 cm³/mol. The molecule has 0 aliphatic rings. The molecule has 0 atom stereocenters. The molecule has 2 aromatic rings. The molecule has 106 valence electrons. The third kappa shape index (κ3) is 3.67. The average Bonchev–Trinajstić information content (AvgIpc) is 2.33. The van der Waals surface area contributed by atoms with E-state index >= 15 is 0 Å². The lowest BCUT2D eigenvalue weighted by Gasteiger charge is -2.10.